The second-order valence-corrected chi connectivity index (χ2v) is 5.81. The highest BCUT2D eigenvalue weighted by Crippen LogP contribution is 2.31. The zero-order chi connectivity index (χ0) is 13.1. The molecule has 0 aliphatic carbocycles. The number of nitrogens with one attached hydrogen (secondary N) is 1. The molecule has 0 saturated heterocycles. The molecule has 0 bridgehead atoms. The molecule has 6 heteroatoms. The Morgan fingerprint density at radius 1 is 1.39 bits per heavy atom. The minimum absolute atomic E-state index is 0.725. The molecule has 2 aromatic heterocycles. The molecule has 1 N–H and O–H groups in total. The van der Waals surface area contributed by atoms with Gasteiger partial charge >= 0.3 is 0 Å². The molecule has 0 aliphatic heterocycles. The van der Waals surface area contributed by atoms with Crippen LogP contribution in [-0.2, 0) is 6.42 Å². The van der Waals surface area contributed by atoms with Crippen LogP contribution >= 0.6 is 38.9 Å². The first kappa shape index (κ1) is 13.8. The van der Waals surface area contributed by atoms with Gasteiger partial charge < -0.3 is 5.32 Å². The number of thiophene rings is 1. The van der Waals surface area contributed by atoms with Gasteiger partial charge in [-0.05, 0) is 35.3 Å². The van der Waals surface area contributed by atoms with Crippen molar-refractivity contribution in [2.75, 3.05) is 11.9 Å². The van der Waals surface area contributed by atoms with E-state index in [1.54, 1.807) is 11.3 Å². The third kappa shape index (κ3) is 2.84. The Bertz CT molecular complexity index is 556. The van der Waals surface area contributed by atoms with E-state index in [2.05, 4.69) is 38.1 Å². The Hall–Kier alpha value is -0.650. The zero-order valence-corrected chi connectivity index (χ0v) is 13.3. The summed E-state index contributed by atoms with van der Waals surface area (Å²) in [6.07, 6.45) is 0.855. The second kappa shape index (κ2) is 5.99. The Morgan fingerprint density at radius 2 is 2.17 bits per heavy atom. The van der Waals surface area contributed by atoms with E-state index >= 15 is 0 Å². The fraction of sp³-hybridized carbons (Fsp3) is 0.333. The van der Waals surface area contributed by atoms with Crippen molar-refractivity contribution in [2.24, 2.45) is 0 Å². The molecule has 0 aromatic carbocycles. The van der Waals surface area contributed by atoms with Crippen molar-refractivity contribution in [3.05, 3.63) is 26.6 Å². The van der Waals surface area contributed by atoms with Crippen LogP contribution in [0.2, 0.25) is 5.02 Å². The van der Waals surface area contributed by atoms with Crippen LogP contribution in [0.5, 0.6) is 0 Å². The van der Waals surface area contributed by atoms with Gasteiger partial charge in [0, 0.05) is 11.9 Å². The number of aromatic nitrogens is 2. The molecule has 2 heterocycles. The summed E-state index contributed by atoms with van der Waals surface area (Å²) in [6, 6.07) is 1.89. The van der Waals surface area contributed by atoms with Crippen molar-refractivity contribution in [1.29, 1.82) is 0 Å². The van der Waals surface area contributed by atoms with Gasteiger partial charge in [0.05, 0.1) is 20.1 Å². The maximum absolute atomic E-state index is 5.95. The Morgan fingerprint density at radius 3 is 2.72 bits per heavy atom. The fourth-order valence-corrected chi connectivity index (χ4v) is 3.16. The molecule has 96 valence electrons. The molecule has 0 radical (unpaired) electrons. The highest BCUT2D eigenvalue weighted by Gasteiger charge is 2.13. The van der Waals surface area contributed by atoms with Crippen LogP contribution in [0.25, 0.3) is 10.7 Å². The van der Waals surface area contributed by atoms with E-state index in [1.165, 1.54) is 0 Å². The van der Waals surface area contributed by atoms with Crippen LogP contribution in [0.3, 0.4) is 0 Å². The second-order valence-electron chi connectivity index (χ2n) is 3.67. The smallest absolute Gasteiger partial charge is 0.171 e. The van der Waals surface area contributed by atoms with Gasteiger partial charge in [0.1, 0.15) is 5.82 Å². The van der Waals surface area contributed by atoms with Gasteiger partial charge in [-0.3, -0.25) is 0 Å². The maximum atomic E-state index is 5.95. The van der Waals surface area contributed by atoms with Crippen LogP contribution in [0.4, 0.5) is 5.82 Å². The number of nitrogens with zero attached hydrogens (tertiary/aromatic N) is 2. The van der Waals surface area contributed by atoms with Crippen molar-refractivity contribution in [3.8, 4) is 10.7 Å². The van der Waals surface area contributed by atoms with Crippen LogP contribution in [0.1, 0.15) is 19.5 Å². The molecule has 0 amide bonds. The van der Waals surface area contributed by atoms with Crippen LogP contribution in [0.15, 0.2) is 15.9 Å². The topological polar surface area (TPSA) is 37.8 Å². The number of halogens is 2. The summed E-state index contributed by atoms with van der Waals surface area (Å²) in [5.41, 5.74) is 1.00. The van der Waals surface area contributed by atoms with Crippen molar-refractivity contribution >= 4 is 44.7 Å². The lowest BCUT2D eigenvalue weighted by Crippen LogP contribution is -2.05. The third-order valence-electron chi connectivity index (χ3n) is 2.39. The quantitative estimate of drug-likeness (QED) is 0.878. The largest absolute Gasteiger partial charge is 0.369 e. The van der Waals surface area contributed by atoms with Gasteiger partial charge in [-0.1, -0.05) is 18.5 Å². The minimum atomic E-state index is 0.725. The van der Waals surface area contributed by atoms with E-state index in [0.717, 1.165) is 44.7 Å². The Kier molecular flexibility index (Phi) is 4.59. The van der Waals surface area contributed by atoms with E-state index in [-0.39, 0.29) is 0 Å². The van der Waals surface area contributed by atoms with Gasteiger partial charge in [0.25, 0.3) is 0 Å². The molecule has 0 spiro atoms. The van der Waals surface area contributed by atoms with Crippen LogP contribution < -0.4 is 5.32 Å². The molecular formula is C12H13BrClN3S. The SMILES string of the molecule is CCNc1nc(-c2cc(Cl)cs2)nc(CC)c1Br. The summed E-state index contributed by atoms with van der Waals surface area (Å²) in [7, 11) is 0. The predicted molar refractivity (Wildman–Crippen MR) is 81.6 cm³/mol. The maximum Gasteiger partial charge on any atom is 0.171 e. The van der Waals surface area contributed by atoms with Crippen LogP contribution in [0, 0.1) is 0 Å². The van der Waals surface area contributed by atoms with Crippen molar-refractivity contribution in [2.45, 2.75) is 20.3 Å². The first-order chi connectivity index (χ1) is 8.65. The summed E-state index contributed by atoms with van der Waals surface area (Å²) in [4.78, 5) is 10.1. The van der Waals surface area contributed by atoms with Gasteiger partial charge in [-0.15, -0.1) is 11.3 Å². The summed E-state index contributed by atoms with van der Waals surface area (Å²) < 4.78 is 0.943. The van der Waals surface area contributed by atoms with E-state index in [0.29, 0.717) is 0 Å². The minimum Gasteiger partial charge on any atom is -0.369 e. The number of rotatable bonds is 4. The van der Waals surface area contributed by atoms with Crippen LogP contribution in [-0.4, -0.2) is 16.5 Å². The lowest BCUT2D eigenvalue weighted by Gasteiger charge is -2.10. The molecule has 0 saturated carbocycles. The van der Waals surface area contributed by atoms with E-state index < -0.39 is 0 Å². The van der Waals surface area contributed by atoms with Crippen molar-refractivity contribution in [1.82, 2.24) is 9.97 Å². The average molecular weight is 347 g/mol. The van der Waals surface area contributed by atoms with Gasteiger partial charge in [0.2, 0.25) is 0 Å². The number of hydrogen-bond donors (Lipinski definition) is 1. The first-order valence-corrected chi connectivity index (χ1v) is 7.75. The zero-order valence-electron chi connectivity index (χ0n) is 10.1. The molecular weight excluding hydrogens is 334 g/mol. The number of hydrogen-bond acceptors (Lipinski definition) is 4. The molecule has 0 fully saturated rings. The standard InChI is InChI=1S/C12H13BrClN3S/c1-3-8-10(13)12(15-4-2)17-11(16-8)9-5-7(14)6-18-9/h5-6H,3-4H2,1-2H3,(H,15,16,17). The lowest BCUT2D eigenvalue weighted by atomic mass is 10.3. The number of anilines is 1. The molecule has 18 heavy (non-hydrogen) atoms. The Balaban J connectivity index is 2.51. The molecule has 0 aliphatic rings. The monoisotopic (exact) mass is 345 g/mol. The average Bonchev–Trinajstić information content (AvgIpc) is 2.79. The predicted octanol–water partition coefficient (Wildman–Crippen LogP) is 4.62. The summed E-state index contributed by atoms with van der Waals surface area (Å²) in [5, 5.41) is 5.86. The van der Waals surface area contributed by atoms with Crippen molar-refractivity contribution < 1.29 is 0 Å². The van der Waals surface area contributed by atoms with E-state index in [4.69, 9.17) is 11.6 Å². The van der Waals surface area contributed by atoms with Crippen molar-refractivity contribution in [3.63, 3.8) is 0 Å². The lowest BCUT2D eigenvalue weighted by molar-refractivity contribution is 0.986. The molecule has 0 unspecified atom stereocenters. The van der Waals surface area contributed by atoms with Gasteiger partial charge in [0.15, 0.2) is 5.82 Å². The molecule has 2 rings (SSSR count). The molecule has 0 atom stereocenters. The molecule has 2 aromatic rings. The highest BCUT2D eigenvalue weighted by molar-refractivity contribution is 9.10. The highest BCUT2D eigenvalue weighted by atomic mass is 79.9. The summed E-state index contributed by atoms with van der Waals surface area (Å²) in [6.45, 7) is 4.94. The Labute approximate surface area is 124 Å². The van der Waals surface area contributed by atoms with Gasteiger partial charge in [-0.2, -0.15) is 0 Å². The number of aryl methyl sites for hydroxylation is 1. The summed E-state index contributed by atoms with van der Waals surface area (Å²) >= 11 is 11.0. The fourth-order valence-electron chi connectivity index (χ4n) is 1.55. The van der Waals surface area contributed by atoms with Gasteiger partial charge in [-0.25, -0.2) is 9.97 Å². The molecule has 3 nitrogen and oxygen atoms in total. The summed E-state index contributed by atoms with van der Waals surface area (Å²) in [5.74, 6) is 1.56. The normalized spacial score (nSPS) is 10.7. The first-order valence-electron chi connectivity index (χ1n) is 5.70. The third-order valence-corrected chi connectivity index (χ3v) is 4.49. The van der Waals surface area contributed by atoms with E-state index in [9.17, 15) is 0 Å². The van der Waals surface area contributed by atoms with E-state index in [1.807, 2.05) is 18.4 Å².